The van der Waals surface area contributed by atoms with Crippen LogP contribution in [0.1, 0.15) is 36.5 Å². The highest BCUT2D eigenvalue weighted by Crippen LogP contribution is 2.47. The van der Waals surface area contributed by atoms with E-state index in [1.165, 1.54) is 0 Å². The molecule has 2 heterocycles. The lowest BCUT2D eigenvalue weighted by Crippen LogP contribution is -2.54. The van der Waals surface area contributed by atoms with E-state index in [0.29, 0.717) is 37.3 Å². The van der Waals surface area contributed by atoms with Crippen molar-refractivity contribution in [1.29, 1.82) is 0 Å². The molecule has 1 aromatic rings. The van der Waals surface area contributed by atoms with E-state index in [9.17, 15) is 9.59 Å². The number of hydrogen-bond acceptors (Lipinski definition) is 6. The maximum atomic E-state index is 13.4. The number of rotatable bonds is 4. The van der Waals surface area contributed by atoms with Gasteiger partial charge in [0, 0.05) is 13.1 Å². The summed E-state index contributed by atoms with van der Waals surface area (Å²) in [6.07, 6.45) is 0.427. The summed E-state index contributed by atoms with van der Waals surface area (Å²) >= 11 is 0. The third-order valence-electron chi connectivity index (χ3n) is 5.80. The van der Waals surface area contributed by atoms with Crippen LogP contribution in [0.2, 0.25) is 0 Å². The number of carbonyl (C=O) groups excluding carboxylic acids is 2. The quantitative estimate of drug-likeness (QED) is 0.582. The van der Waals surface area contributed by atoms with E-state index in [0.717, 1.165) is 16.7 Å². The highest BCUT2D eigenvalue weighted by atomic mass is 16.7. The molecule has 1 saturated heterocycles. The zero-order valence-corrected chi connectivity index (χ0v) is 17.2. The minimum absolute atomic E-state index is 0.137. The fourth-order valence-electron chi connectivity index (χ4n) is 4.25. The van der Waals surface area contributed by atoms with Gasteiger partial charge in [0.25, 0.3) is 0 Å². The van der Waals surface area contributed by atoms with Gasteiger partial charge < -0.3 is 19.1 Å². The van der Waals surface area contributed by atoms with Gasteiger partial charge in [0.05, 0.1) is 24.8 Å². The van der Waals surface area contributed by atoms with Gasteiger partial charge in [-0.2, -0.15) is 5.06 Å². The lowest BCUT2D eigenvalue weighted by atomic mass is 9.83. The smallest absolute Gasteiger partial charge is 0.434 e. The van der Waals surface area contributed by atoms with E-state index in [-0.39, 0.29) is 12.5 Å². The standard InChI is InChI=1S/C20H27BN2O5/c1-5-27-19(25)28-17-16(15-13(2)7-6-8-14(15)3)18(24)23(21)20(17)9-11-22(26-4)12-10-20/h6-8H,5,9-12,21H2,1-4H3. The van der Waals surface area contributed by atoms with Crippen LogP contribution in [0.4, 0.5) is 4.79 Å². The molecular formula is C20H27BN2O5. The summed E-state index contributed by atoms with van der Waals surface area (Å²) in [5.41, 5.74) is 2.52. The van der Waals surface area contributed by atoms with Crippen molar-refractivity contribution < 1.29 is 23.9 Å². The van der Waals surface area contributed by atoms with Crippen molar-refractivity contribution in [3.63, 3.8) is 0 Å². The second kappa shape index (κ2) is 7.97. The van der Waals surface area contributed by atoms with Gasteiger partial charge in [-0.3, -0.25) is 4.79 Å². The molecule has 0 aromatic heterocycles. The molecule has 1 spiro atoms. The van der Waals surface area contributed by atoms with Crippen LogP contribution >= 0.6 is 0 Å². The zero-order valence-electron chi connectivity index (χ0n) is 17.2. The second-order valence-electron chi connectivity index (χ2n) is 7.26. The lowest BCUT2D eigenvalue weighted by molar-refractivity contribution is -0.158. The van der Waals surface area contributed by atoms with Gasteiger partial charge >= 0.3 is 6.16 Å². The van der Waals surface area contributed by atoms with Gasteiger partial charge in [0.2, 0.25) is 13.9 Å². The topological polar surface area (TPSA) is 68.3 Å². The summed E-state index contributed by atoms with van der Waals surface area (Å²) in [5, 5.41) is 1.85. The number of ether oxygens (including phenoxy) is 2. The van der Waals surface area contributed by atoms with Crippen LogP contribution in [0.25, 0.3) is 5.57 Å². The molecule has 1 amide bonds. The molecule has 0 aliphatic carbocycles. The van der Waals surface area contributed by atoms with E-state index in [1.807, 2.05) is 37.1 Å². The summed E-state index contributed by atoms with van der Waals surface area (Å²) in [6, 6.07) is 5.88. The maximum Gasteiger partial charge on any atom is 0.513 e. The molecular weight excluding hydrogens is 359 g/mol. The first-order chi connectivity index (χ1) is 13.4. The Morgan fingerprint density at radius 1 is 1.21 bits per heavy atom. The Bertz CT molecular complexity index is 795. The minimum Gasteiger partial charge on any atom is -0.434 e. The molecule has 3 rings (SSSR count). The van der Waals surface area contributed by atoms with E-state index >= 15 is 0 Å². The predicted octanol–water partition coefficient (Wildman–Crippen LogP) is 1.97. The summed E-state index contributed by atoms with van der Waals surface area (Å²) in [4.78, 5) is 32.7. The van der Waals surface area contributed by atoms with Crippen molar-refractivity contribution in [3.05, 3.63) is 40.6 Å². The molecule has 0 radical (unpaired) electrons. The average molecular weight is 386 g/mol. The average Bonchev–Trinajstić information content (AvgIpc) is 2.85. The zero-order chi connectivity index (χ0) is 20.5. The highest BCUT2D eigenvalue weighted by Gasteiger charge is 2.53. The van der Waals surface area contributed by atoms with Gasteiger partial charge in [0.15, 0.2) is 0 Å². The summed E-state index contributed by atoms with van der Waals surface area (Å²) in [7, 11) is 3.41. The summed E-state index contributed by atoms with van der Waals surface area (Å²) in [6.45, 7) is 7.11. The van der Waals surface area contributed by atoms with E-state index in [4.69, 9.17) is 14.3 Å². The molecule has 0 saturated carbocycles. The molecule has 1 aromatic carbocycles. The van der Waals surface area contributed by atoms with Crippen molar-refractivity contribution in [2.75, 3.05) is 26.8 Å². The number of carbonyl (C=O) groups is 2. The van der Waals surface area contributed by atoms with Crippen LogP contribution in [0.5, 0.6) is 0 Å². The summed E-state index contributed by atoms with van der Waals surface area (Å²) < 4.78 is 10.8. The van der Waals surface area contributed by atoms with Gasteiger partial charge in [-0.05, 0) is 50.3 Å². The SMILES string of the molecule is BN1C(=O)C(c2c(C)cccc2C)=C(OC(=O)OCC)C12CCN(OC)CC2. The van der Waals surface area contributed by atoms with Crippen LogP contribution in [0, 0.1) is 13.8 Å². The first kappa shape index (κ1) is 20.4. The first-order valence-corrected chi connectivity index (χ1v) is 9.59. The number of nitrogens with zero attached hydrogens (tertiary/aromatic N) is 2. The Labute approximate surface area is 166 Å². The Morgan fingerprint density at radius 2 is 1.82 bits per heavy atom. The molecule has 150 valence electrons. The Kier molecular flexibility index (Phi) is 5.81. The highest BCUT2D eigenvalue weighted by molar-refractivity contribution is 6.33. The monoisotopic (exact) mass is 386 g/mol. The normalized spacial score (nSPS) is 19.4. The maximum absolute atomic E-state index is 13.4. The molecule has 8 heteroatoms. The fraction of sp³-hybridized carbons (Fsp3) is 0.500. The molecule has 0 N–H and O–H groups in total. The minimum atomic E-state index is -0.780. The van der Waals surface area contributed by atoms with Gasteiger partial charge in [-0.25, -0.2) is 4.79 Å². The number of amides is 1. The molecule has 1 fully saturated rings. The molecule has 0 atom stereocenters. The molecule has 28 heavy (non-hydrogen) atoms. The molecule has 2 aliphatic heterocycles. The van der Waals surface area contributed by atoms with Crippen LogP contribution in [0.3, 0.4) is 0 Å². The summed E-state index contributed by atoms with van der Waals surface area (Å²) in [5.74, 6) is 0.258. The third kappa shape index (κ3) is 3.31. The largest absolute Gasteiger partial charge is 0.513 e. The molecule has 0 unspecified atom stereocenters. The number of benzene rings is 1. The van der Waals surface area contributed by atoms with Crippen molar-refractivity contribution >= 4 is 25.6 Å². The Morgan fingerprint density at radius 3 is 2.36 bits per heavy atom. The lowest BCUT2D eigenvalue weighted by Gasteiger charge is -2.43. The van der Waals surface area contributed by atoms with Crippen molar-refractivity contribution in [2.24, 2.45) is 0 Å². The fourth-order valence-corrected chi connectivity index (χ4v) is 4.25. The number of aryl methyl sites for hydroxylation is 2. The number of hydroxylamine groups is 2. The molecule has 0 bridgehead atoms. The number of piperidine rings is 1. The van der Waals surface area contributed by atoms with Gasteiger partial charge in [0.1, 0.15) is 5.76 Å². The first-order valence-electron chi connectivity index (χ1n) is 9.59. The van der Waals surface area contributed by atoms with Crippen LogP contribution in [0.15, 0.2) is 24.0 Å². The van der Waals surface area contributed by atoms with Crippen LogP contribution in [-0.4, -0.2) is 62.3 Å². The van der Waals surface area contributed by atoms with Crippen molar-refractivity contribution in [2.45, 2.75) is 39.2 Å². The van der Waals surface area contributed by atoms with Crippen molar-refractivity contribution in [1.82, 2.24) is 9.87 Å². The van der Waals surface area contributed by atoms with E-state index < -0.39 is 11.7 Å². The van der Waals surface area contributed by atoms with Crippen LogP contribution < -0.4 is 0 Å². The van der Waals surface area contributed by atoms with Gasteiger partial charge in [-0.1, -0.05) is 18.2 Å². The predicted molar refractivity (Wildman–Crippen MR) is 107 cm³/mol. The van der Waals surface area contributed by atoms with Gasteiger partial charge in [-0.15, -0.1) is 0 Å². The van der Waals surface area contributed by atoms with E-state index in [1.54, 1.807) is 26.8 Å². The molecule has 7 nitrogen and oxygen atoms in total. The third-order valence-corrected chi connectivity index (χ3v) is 5.80. The van der Waals surface area contributed by atoms with Crippen LogP contribution in [-0.2, 0) is 19.1 Å². The Balaban J connectivity index is 2.16. The number of hydrogen-bond donors (Lipinski definition) is 0. The van der Waals surface area contributed by atoms with Crippen molar-refractivity contribution in [3.8, 4) is 0 Å². The molecule has 2 aliphatic rings. The Hall–Kier alpha value is -2.32. The second-order valence-corrected chi connectivity index (χ2v) is 7.26. The van der Waals surface area contributed by atoms with E-state index in [2.05, 4.69) is 0 Å².